The second-order valence-electron chi connectivity index (χ2n) is 6.51. The fourth-order valence-electron chi connectivity index (χ4n) is 3.51. The van der Waals surface area contributed by atoms with E-state index in [1.807, 2.05) is 16.7 Å². The Labute approximate surface area is 158 Å². The molecule has 2 aromatic heterocycles. The van der Waals surface area contributed by atoms with Gasteiger partial charge in [0.2, 0.25) is 0 Å². The summed E-state index contributed by atoms with van der Waals surface area (Å²) < 4.78 is 12.8. The van der Waals surface area contributed by atoms with Crippen molar-refractivity contribution in [2.24, 2.45) is 0 Å². The molecule has 0 saturated carbocycles. The van der Waals surface area contributed by atoms with Crippen molar-refractivity contribution >= 4 is 22.9 Å². The first kappa shape index (κ1) is 17.0. The Morgan fingerprint density at radius 1 is 1.00 bits per heavy atom. The van der Waals surface area contributed by atoms with Gasteiger partial charge in [-0.05, 0) is 31.4 Å². The largest absolute Gasteiger partial charge is 0.496 e. The van der Waals surface area contributed by atoms with Gasteiger partial charge in [0.1, 0.15) is 17.1 Å². The van der Waals surface area contributed by atoms with E-state index in [1.165, 1.54) is 24.9 Å². The number of imidazole rings is 1. The average molecular weight is 372 g/mol. The normalized spacial score (nSPS) is 14.7. The molecule has 3 heterocycles. The van der Waals surface area contributed by atoms with E-state index < -0.39 is 0 Å². The number of rotatable bonds is 4. The van der Waals surface area contributed by atoms with E-state index in [4.69, 9.17) is 26.1 Å². The van der Waals surface area contributed by atoms with Crippen molar-refractivity contribution < 1.29 is 9.47 Å². The number of fused-ring (bicyclic) bond motifs is 1. The summed E-state index contributed by atoms with van der Waals surface area (Å²) in [4.78, 5) is 7.23. The molecule has 26 heavy (non-hydrogen) atoms. The van der Waals surface area contributed by atoms with E-state index in [0.29, 0.717) is 16.5 Å². The topological polar surface area (TPSA) is 39.0 Å². The van der Waals surface area contributed by atoms with Crippen LogP contribution in [0, 0.1) is 0 Å². The fraction of sp³-hybridized carbons (Fsp3) is 0.350. The van der Waals surface area contributed by atoms with Crippen LogP contribution in [0.25, 0.3) is 16.9 Å². The van der Waals surface area contributed by atoms with Crippen LogP contribution >= 0.6 is 11.6 Å². The first-order chi connectivity index (χ1) is 12.7. The van der Waals surface area contributed by atoms with E-state index in [9.17, 15) is 0 Å². The van der Waals surface area contributed by atoms with Crippen LogP contribution in [0.4, 0.5) is 5.69 Å². The molecule has 1 aromatic carbocycles. The maximum Gasteiger partial charge on any atom is 0.141 e. The summed E-state index contributed by atoms with van der Waals surface area (Å²) in [5, 5.41) is 0.536. The van der Waals surface area contributed by atoms with Gasteiger partial charge in [-0.25, -0.2) is 4.98 Å². The SMILES string of the molecule is COc1cc(OC)c(-c2cn3ccc(N4CCCCC4)cc3n2)cc1Cl. The Hall–Kier alpha value is -2.40. The van der Waals surface area contributed by atoms with Crippen LogP contribution in [0.3, 0.4) is 0 Å². The first-order valence-electron chi connectivity index (χ1n) is 8.85. The lowest BCUT2D eigenvalue weighted by Crippen LogP contribution is -2.29. The van der Waals surface area contributed by atoms with Crippen molar-refractivity contribution in [2.45, 2.75) is 19.3 Å². The van der Waals surface area contributed by atoms with E-state index in [0.717, 1.165) is 30.0 Å². The van der Waals surface area contributed by atoms with Gasteiger partial charge in [-0.1, -0.05) is 11.6 Å². The van der Waals surface area contributed by atoms with E-state index >= 15 is 0 Å². The number of piperidine rings is 1. The molecule has 4 rings (SSSR count). The summed E-state index contributed by atoms with van der Waals surface area (Å²) in [6, 6.07) is 7.93. The van der Waals surface area contributed by atoms with Crippen molar-refractivity contribution in [2.75, 3.05) is 32.2 Å². The Morgan fingerprint density at radius 3 is 2.50 bits per heavy atom. The molecule has 0 aliphatic carbocycles. The van der Waals surface area contributed by atoms with Gasteiger partial charge < -0.3 is 18.8 Å². The lowest BCUT2D eigenvalue weighted by molar-refractivity contribution is 0.395. The third kappa shape index (κ3) is 3.07. The highest BCUT2D eigenvalue weighted by atomic mass is 35.5. The van der Waals surface area contributed by atoms with Crippen molar-refractivity contribution in [3.63, 3.8) is 0 Å². The van der Waals surface area contributed by atoms with Crippen LogP contribution in [0.15, 0.2) is 36.7 Å². The van der Waals surface area contributed by atoms with Crippen LogP contribution in [-0.4, -0.2) is 36.7 Å². The number of hydrogen-bond acceptors (Lipinski definition) is 4. The molecule has 5 nitrogen and oxygen atoms in total. The van der Waals surface area contributed by atoms with Gasteiger partial charge in [-0.15, -0.1) is 0 Å². The summed E-state index contributed by atoms with van der Waals surface area (Å²) in [5.41, 5.74) is 3.81. The van der Waals surface area contributed by atoms with Gasteiger partial charge in [0.05, 0.1) is 24.9 Å². The molecule has 0 atom stereocenters. The van der Waals surface area contributed by atoms with Crippen molar-refractivity contribution in [3.8, 4) is 22.8 Å². The maximum absolute atomic E-state index is 6.31. The number of hydrogen-bond donors (Lipinski definition) is 0. The number of benzene rings is 1. The molecule has 1 aliphatic rings. The van der Waals surface area contributed by atoms with Crippen molar-refractivity contribution in [1.82, 2.24) is 9.38 Å². The molecule has 0 spiro atoms. The van der Waals surface area contributed by atoms with Crippen LogP contribution in [-0.2, 0) is 0 Å². The summed E-state index contributed by atoms with van der Waals surface area (Å²) in [6.45, 7) is 2.23. The highest BCUT2D eigenvalue weighted by molar-refractivity contribution is 6.32. The summed E-state index contributed by atoms with van der Waals surface area (Å²) in [6.07, 6.45) is 7.90. The zero-order valence-electron chi connectivity index (χ0n) is 15.0. The number of pyridine rings is 1. The molecular formula is C20H22ClN3O2. The Balaban J connectivity index is 1.74. The Kier molecular flexibility index (Phi) is 4.64. The number of ether oxygens (including phenoxy) is 2. The van der Waals surface area contributed by atoms with E-state index in [-0.39, 0.29) is 0 Å². The third-order valence-electron chi connectivity index (χ3n) is 4.91. The minimum Gasteiger partial charge on any atom is -0.496 e. The lowest BCUT2D eigenvalue weighted by Gasteiger charge is -2.28. The summed E-state index contributed by atoms with van der Waals surface area (Å²) in [7, 11) is 3.23. The number of halogens is 1. The molecule has 0 unspecified atom stereocenters. The molecule has 6 heteroatoms. The minimum absolute atomic E-state index is 0.536. The molecule has 0 radical (unpaired) electrons. The second-order valence-corrected chi connectivity index (χ2v) is 6.92. The van der Waals surface area contributed by atoms with Crippen LogP contribution < -0.4 is 14.4 Å². The number of methoxy groups -OCH3 is 2. The van der Waals surface area contributed by atoms with Crippen LogP contribution in [0.5, 0.6) is 11.5 Å². The monoisotopic (exact) mass is 371 g/mol. The fourth-order valence-corrected chi connectivity index (χ4v) is 3.75. The molecule has 0 amide bonds. The quantitative estimate of drug-likeness (QED) is 0.668. The molecule has 0 N–H and O–H groups in total. The number of anilines is 1. The van der Waals surface area contributed by atoms with Gasteiger partial charge in [-0.3, -0.25) is 0 Å². The third-order valence-corrected chi connectivity index (χ3v) is 5.21. The van der Waals surface area contributed by atoms with Crippen LogP contribution in [0.2, 0.25) is 5.02 Å². The summed E-state index contributed by atoms with van der Waals surface area (Å²) in [5.74, 6) is 1.27. The van der Waals surface area contributed by atoms with Crippen molar-refractivity contribution in [1.29, 1.82) is 0 Å². The van der Waals surface area contributed by atoms with Gasteiger partial charge in [-0.2, -0.15) is 0 Å². The summed E-state index contributed by atoms with van der Waals surface area (Å²) >= 11 is 6.31. The smallest absolute Gasteiger partial charge is 0.141 e. The highest BCUT2D eigenvalue weighted by Crippen LogP contribution is 2.38. The zero-order chi connectivity index (χ0) is 18.1. The van der Waals surface area contributed by atoms with Gasteiger partial charge in [0.25, 0.3) is 0 Å². The first-order valence-corrected chi connectivity index (χ1v) is 9.23. The predicted molar refractivity (Wildman–Crippen MR) is 105 cm³/mol. The van der Waals surface area contributed by atoms with Crippen molar-refractivity contribution in [3.05, 3.63) is 41.7 Å². The second kappa shape index (κ2) is 7.08. The Morgan fingerprint density at radius 2 is 1.77 bits per heavy atom. The highest BCUT2D eigenvalue weighted by Gasteiger charge is 2.16. The Bertz CT molecular complexity index is 932. The average Bonchev–Trinajstić information content (AvgIpc) is 3.11. The van der Waals surface area contributed by atoms with E-state index in [1.54, 1.807) is 20.3 Å². The zero-order valence-corrected chi connectivity index (χ0v) is 15.8. The molecule has 136 valence electrons. The molecule has 1 fully saturated rings. The molecule has 1 saturated heterocycles. The molecule has 1 aliphatic heterocycles. The molecule has 0 bridgehead atoms. The van der Waals surface area contributed by atoms with E-state index in [2.05, 4.69) is 23.2 Å². The standard InChI is InChI=1S/C20H22ClN3O2/c1-25-18-12-19(26-2)16(21)11-15(18)17-13-24-9-6-14(10-20(24)22-17)23-7-4-3-5-8-23/h6,9-13H,3-5,7-8H2,1-2H3. The van der Waals surface area contributed by atoms with Gasteiger partial charge in [0, 0.05) is 48.9 Å². The van der Waals surface area contributed by atoms with Gasteiger partial charge in [0.15, 0.2) is 0 Å². The maximum atomic E-state index is 6.31. The molecular weight excluding hydrogens is 350 g/mol. The van der Waals surface area contributed by atoms with Gasteiger partial charge >= 0.3 is 0 Å². The lowest BCUT2D eigenvalue weighted by atomic mass is 10.1. The minimum atomic E-state index is 0.536. The van der Waals surface area contributed by atoms with Crippen LogP contribution in [0.1, 0.15) is 19.3 Å². The predicted octanol–water partition coefficient (Wildman–Crippen LogP) is 4.66. The number of aromatic nitrogens is 2. The number of nitrogens with zero attached hydrogens (tertiary/aromatic N) is 3. The molecule has 3 aromatic rings.